The summed E-state index contributed by atoms with van der Waals surface area (Å²) in [4.78, 5) is 3.63. The van der Waals surface area contributed by atoms with Crippen molar-refractivity contribution in [2.24, 2.45) is 0 Å². The second kappa shape index (κ2) is 5.98. The average molecular weight is 215 g/mol. The molecular weight excluding hydrogens is 201 g/mol. The summed E-state index contributed by atoms with van der Waals surface area (Å²) < 4.78 is 13.1. The summed E-state index contributed by atoms with van der Waals surface area (Å²) in [6.07, 6.45) is 2.50. The Hall–Kier alpha value is -0.610. The van der Waals surface area contributed by atoms with Crippen molar-refractivity contribution in [2.75, 3.05) is 11.5 Å². The molecule has 0 saturated heterocycles. The molecule has 14 heavy (non-hydrogen) atoms. The zero-order chi connectivity index (χ0) is 10.4. The van der Waals surface area contributed by atoms with Crippen LogP contribution in [-0.4, -0.2) is 21.6 Å². The number of rotatable bonds is 5. The summed E-state index contributed by atoms with van der Waals surface area (Å²) in [7, 11) is 0. The first-order chi connectivity index (χ1) is 6.75. The number of aliphatic hydroxyl groups is 1. The largest absolute Gasteiger partial charge is 0.388 e. The number of halogens is 1. The van der Waals surface area contributed by atoms with Crippen molar-refractivity contribution in [3.05, 3.63) is 29.8 Å². The second-order valence-electron chi connectivity index (χ2n) is 2.90. The highest BCUT2D eigenvalue weighted by Gasteiger charge is 2.11. The Kier molecular flexibility index (Phi) is 4.90. The Labute approximate surface area is 87.6 Å². The normalized spacial score (nSPS) is 12.8. The molecule has 1 aromatic heterocycles. The van der Waals surface area contributed by atoms with Gasteiger partial charge in [0.05, 0.1) is 12.3 Å². The van der Waals surface area contributed by atoms with Gasteiger partial charge in [-0.25, -0.2) is 4.39 Å². The summed E-state index contributed by atoms with van der Waals surface area (Å²) in [6, 6.07) is 1.52. The third kappa shape index (κ3) is 3.27. The lowest BCUT2D eigenvalue weighted by Crippen LogP contribution is -2.02. The molecule has 1 atom stereocenters. The van der Waals surface area contributed by atoms with E-state index >= 15 is 0 Å². The maximum absolute atomic E-state index is 13.1. The lowest BCUT2D eigenvalue weighted by Gasteiger charge is -2.10. The molecule has 0 amide bonds. The van der Waals surface area contributed by atoms with Gasteiger partial charge < -0.3 is 5.11 Å². The number of aromatic nitrogens is 1. The van der Waals surface area contributed by atoms with Crippen molar-refractivity contribution in [1.29, 1.82) is 0 Å². The summed E-state index contributed by atoms with van der Waals surface area (Å²) >= 11 is 1.74. The summed E-state index contributed by atoms with van der Waals surface area (Å²) in [5, 5.41) is 9.65. The van der Waals surface area contributed by atoms with Crippen LogP contribution in [0.25, 0.3) is 0 Å². The number of aliphatic hydroxyl groups excluding tert-OH is 1. The molecule has 0 bridgehead atoms. The van der Waals surface area contributed by atoms with Gasteiger partial charge in [0.15, 0.2) is 0 Å². The van der Waals surface area contributed by atoms with Crippen LogP contribution in [0.3, 0.4) is 0 Å². The number of nitrogens with zero attached hydrogens (tertiary/aromatic N) is 1. The van der Waals surface area contributed by atoms with Gasteiger partial charge in [-0.05, 0) is 24.0 Å². The number of pyridine rings is 1. The predicted octanol–water partition coefficient (Wildman–Crippen LogP) is 2.40. The van der Waals surface area contributed by atoms with Crippen LogP contribution in [0.2, 0.25) is 0 Å². The molecule has 2 nitrogen and oxygen atoms in total. The molecule has 1 unspecified atom stereocenters. The van der Waals surface area contributed by atoms with E-state index in [2.05, 4.69) is 11.9 Å². The first-order valence-corrected chi connectivity index (χ1v) is 5.76. The van der Waals surface area contributed by atoms with Crippen LogP contribution < -0.4 is 0 Å². The highest BCUT2D eigenvalue weighted by molar-refractivity contribution is 7.99. The third-order valence-electron chi connectivity index (χ3n) is 1.90. The number of hydrogen-bond acceptors (Lipinski definition) is 3. The number of thioether (sulfide) groups is 1. The molecule has 1 aromatic rings. The lowest BCUT2D eigenvalue weighted by atomic mass is 10.1. The first kappa shape index (κ1) is 11.5. The predicted molar refractivity (Wildman–Crippen MR) is 56.8 cm³/mol. The molecule has 4 heteroatoms. The van der Waals surface area contributed by atoms with Gasteiger partial charge in [0.1, 0.15) is 5.82 Å². The Morgan fingerprint density at radius 2 is 2.43 bits per heavy atom. The molecule has 0 spiro atoms. The van der Waals surface area contributed by atoms with Gasteiger partial charge in [0.2, 0.25) is 0 Å². The molecule has 0 aromatic carbocycles. The minimum absolute atomic E-state index is 0.344. The van der Waals surface area contributed by atoms with E-state index in [1.54, 1.807) is 11.8 Å². The van der Waals surface area contributed by atoms with Crippen LogP contribution in [-0.2, 0) is 0 Å². The third-order valence-corrected chi connectivity index (χ3v) is 2.84. The second-order valence-corrected chi connectivity index (χ2v) is 4.29. The minimum atomic E-state index is -0.711. The van der Waals surface area contributed by atoms with E-state index in [9.17, 15) is 9.50 Å². The van der Waals surface area contributed by atoms with Crippen molar-refractivity contribution in [1.82, 2.24) is 4.98 Å². The zero-order valence-corrected chi connectivity index (χ0v) is 8.93. The SMILES string of the molecule is CCSCCC(O)c1ccncc1F. The van der Waals surface area contributed by atoms with Crippen LogP contribution in [0.4, 0.5) is 4.39 Å². The van der Waals surface area contributed by atoms with Gasteiger partial charge in [-0.2, -0.15) is 11.8 Å². The van der Waals surface area contributed by atoms with E-state index in [0.717, 1.165) is 17.7 Å². The van der Waals surface area contributed by atoms with Crippen molar-refractivity contribution < 1.29 is 9.50 Å². The maximum atomic E-state index is 13.1. The summed E-state index contributed by atoms with van der Waals surface area (Å²) in [6.45, 7) is 2.06. The van der Waals surface area contributed by atoms with Gasteiger partial charge in [-0.3, -0.25) is 4.98 Å². The molecule has 0 radical (unpaired) electrons. The van der Waals surface area contributed by atoms with Crippen molar-refractivity contribution >= 4 is 11.8 Å². The van der Waals surface area contributed by atoms with Crippen molar-refractivity contribution in [3.8, 4) is 0 Å². The van der Waals surface area contributed by atoms with E-state index < -0.39 is 11.9 Å². The van der Waals surface area contributed by atoms with Gasteiger partial charge in [0.25, 0.3) is 0 Å². The molecule has 0 aliphatic carbocycles. The first-order valence-electron chi connectivity index (χ1n) is 4.61. The van der Waals surface area contributed by atoms with E-state index in [0.29, 0.717) is 12.0 Å². The minimum Gasteiger partial charge on any atom is -0.388 e. The summed E-state index contributed by atoms with van der Waals surface area (Å²) in [5.74, 6) is 1.44. The highest BCUT2D eigenvalue weighted by Crippen LogP contribution is 2.20. The number of hydrogen-bond donors (Lipinski definition) is 1. The lowest BCUT2D eigenvalue weighted by molar-refractivity contribution is 0.170. The fourth-order valence-electron chi connectivity index (χ4n) is 1.15. The quantitative estimate of drug-likeness (QED) is 0.766. The van der Waals surface area contributed by atoms with Gasteiger partial charge in [-0.15, -0.1) is 0 Å². The molecule has 1 rings (SSSR count). The molecular formula is C10H14FNOS. The van der Waals surface area contributed by atoms with E-state index in [1.165, 1.54) is 12.3 Å². The molecule has 0 aliphatic heterocycles. The van der Waals surface area contributed by atoms with E-state index in [1.807, 2.05) is 0 Å². The van der Waals surface area contributed by atoms with Gasteiger partial charge in [-0.1, -0.05) is 6.92 Å². The van der Waals surface area contributed by atoms with Gasteiger partial charge >= 0.3 is 0 Å². The van der Waals surface area contributed by atoms with Crippen LogP contribution in [0.1, 0.15) is 25.0 Å². The Morgan fingerprint density at radius 1 is 1.64 bits per heavy atom. The highest BCUT2D eigenvalue weighted by atomic mass is 32.2. The van der Waals surface area contributed by atoms with Crippen molar-refractivity contribution in [3.63, 3.8) is 0 Å². The van der Waals surface area contributed by atoms with Crippen LogP contribution in [0.5, 0.6) is 0 Å². The monoisotopic (exact) mass is 215 g/mol. The molecule has 1 N–H and O–H groups in total. The van der Waals surface area contributed by atoms with Crippen molar-refractivity contribution in [2.45, 2.75) is 19.4 Å². The zero-order valence-electron chi connectivity index (χ0n) is 8.11. The van der Waals surface area contributed by atoms with Crippen LogP contribution in [0.15, 0.2) is 18.5 Å². The molecule has 0 saturated carbocycles. The smallest absolute Gasteiger partial charge is 0.147 e. The Morgan fingerprint density at radius 3 is 3.07 bits per heavy atom. The topological polar surface area (TPSA) is 33.1 Å². The van der Waals surface area contributed by atoms with E-state index in [4.69, 9.17) is 0 Å². The standard InChI is InChI=1S/C10H14FNOS/c1-2-14-6-4-10(13)8-3-5-12-7-9(8)11/h3,5,7,10,13H,2,4,6H2,1H3. The molecule has 0 fully saturated rings. The fraction of sp³-hybridized carbons (Fsp3) is 0.500. The summed E-state index contributed by atoms with van der Waals surface area (Å²) in [5.41, 5.74) is 0.344. The van der Waals surface area contributed by atoms with Gasteiger partial charge in [0, 0.05) is 11.8 Å². The van der Waals surface area contributed by atoms with Crippen LogP contribution >= 0.6 is 11.8 Å². The Bertz CT molecular complexity index is 283. The average Bonchev–Trinajstić information content (AvgIpc) is 2.18. The molecule has 1 heterocycles. The van der Waals surface area contributed by atoms with E-state index in [-0.39, 0.29) is 0 Å². The Balaban J connectivity index is 2.51. The molecule has 0 aliphatic rings. The maximum Gasteiger partial charge on any atom is 0.147 e. The molecule has 78 valence electrons. The van der Waals surface area contributed by atoms with Crippen LogP contribution in [0, 0.1) is 5.82 Å². The fourth-order valence-corrected chi connectivity index (χ4v) is 1.83.